The quantitative estimate of drug-likeness (QED) is 0.593. The maximum Gasteiger partial charge on any atom is 0.266 e. The standard InChI is InChI=1S/C19H15NO3S2/c1-12(14-5-3-2-4-6-14)20-18(21)17(25-19(20)24)10-13-7-8-15-16(9-13)23-11-22-15/h2-10,12H,11H2,1H3/b17-10-/t12-/m0/s1. The zero-order chi connectivity index (χ0) is 17.4. The fourth-order valence-corrected chi connectivity index (χ4v) is 4.27. The molecule has 2 aromatic carbocycles. The van der Waals surface area contributed by atoms with Crippen molar-refractivity contribution in [3.05, 3.63) is 64.6 Å². The van der Waals surface area contributed by atoms with Gasteiger partial charge in [0, 0.05) is 0 Å². The first-order chi connectivity index (χ1) is 12.1. The van der Waals surface area contributed by atoms with Crippen molar-refractivity contribution in [1.29, 1.82) is 0 Å². The highest BCUT2D eigenvalue weighted by Crippen LogP contribution is 2.39. The van der Waals surface area contributed by atoms with E-state index in [0.29, 0.717) is 15.0 Å². The molecule has 1 amide bonds. The van der Waals surface area contributed by atoms with Crippen LogP contribution in [-0.4, -0.2) is 21.9 Å². The minimum absolute atomic E-state index is 0.0657. The van der Waals surface area contributed by atoms with Crippen LogP contribution in [0.15, 0.2) is 53.4 Å². The Morgan fingerprint density at radius 3 is 2.72 bits per heavy atom. The van der Waals surface area contributed by atoms with Gasteiger partial charge in [0.25, 0.3) is 5.91 Å². The predicted molar refractivity (Wildman–Crippen MR) is 102 cm³/mol. The van der Waals surface area contributed by atoms with Crippen LogP contribution in [-0.2, 0) is 4.79 Å². The number of hydrogen-bond donors (Lipinski definition) is 0. The van der Waals surface area contributed by atoms with Crippen molar-refractivity contribution < 1.29 is 14.3 Å². The monoisotopic (exact) mass is 369 g/mol. The number of amides is 1. The molecule has 0 aromatic heterocycles. The van der Waals surface area contributed by atoms with Crippen LogP contribution in [0, 0.1) is 0 Å². The Balaban J connectivity index is 1.61. The average Bonchev–Trinajstić information content (AvgIpc) is 3.19. The molecule has 1 fully saturated rings. The molecule has 0 aliphatic carbocycles. The summed E-state index contributed by atoms with van der Waals surface area (Å²) in [5, 5.41) is 0. The zero-order valence-electron chi connectivity index (χ0n) is 13.5. The summed E-state index contributed by atoms with van der Waals surface area (Å²) in [6.07, 6.45) is 1.85. The number of hydrogen-bond acceptors (Lipinski definition) is 5. The Kier molecular flexibility index (Phi) is 4.23. The van der Waals surface area contributed by atoms with Crippen LogP contribution in [0.1, 0.15) is 24.1 Å². The maximum atomic E-state index is 12.9. The Morgan fingerprint density at radius 2 is 1.92 bits per heavy atom. The lowest BCUT2D eigenvalue weighted by atomic mass is 10.1. The molecule has 0 radical (unpaired) electrons. The Labute approximate surface area is 155 Å². The summed E-state index contributed by atoms with van der Waals surface area (Å²) in [4.78, 5) is 15.2. The number of thiocarbonyl (C=S) groups is 1. The van der Waals surface area contributed by atoms with Gasteiger partial charge in [0.05, 0.1) is 10.9 Å². The molecule has 2 heterocycles. The van der Waals surface area contributed by atoms with Crippen molar-refractivity contribution in [1.82, 2.24) is 4.90 Å². The van der Waals surface area contributed by atoms with Crippen LogP contribution in [0.25, 0.3) is 6.08 Å². The Hall–Kier alpha value is -2.31. The second kappa shape index (κ2) is 6.54. The van der Waals surface area contributed by atoms with Gasteiger partial charge in [-0.1, -0.05) is 60.4 Å². The van der Waals surface area contributed by atoms with Crippen molar-refractivity contribution in [2.45, 2.75) is 13.0 Å². The smallest absolute Gasteiger partial charge is 0.266 e. The fourth-order valence-electron chi connectivity index (χ4n) is 2.85. The van der Waals surface area contributed by atoms with Gasteiger partial charge >= 0.3 is 0 Å². The van der Waals surface area contributed by atoms with Crippen LogP contribution in [0.3, 0.4) is 0 Å². The van der Waals surface area contributed by atoms with Gasteiger partial charge in [-0.05, 0) is 36.3 Å². The number of fused-ring (bicyclic) bond motifs is 1. The normalized spacial score (nSPS) is 18.9. The van der Waals surface area contributed by atoms with E-state index in [2.05, 4.69) is 0 Å². The van der Waals surface area contributed by atoms with Crippen molar-refractivity contribution >= 4 is 40.3 Å². The van der Waals surface area contributed by atoms with Gasteiger partial charge in [-0.25, -0.2) is 0 Å². The molecule has 0 spiro atoms. The van der Waals surface area contributed by atoms with Gasteiger partial charge < -0.3 is 9.47 Å². The van der Waals surface area contributed by atoms with Crippen molar-refractivity contribution in [3.8, 4) is 11.5 Å². The molecule has 1 saturated heterocycles. The second-order valence-corrected chi connectivity index (χ2v) is 7.43. The number of carbonyl (C=O) groups is 1. The minimum atomic E-state index is -0.101. The van der Waals surface area contributed by atoms with E-state index in [1.54, 1.807) is 4.90 Å². The lowest BCUT2D eigenvalue weighted by Gasteiger charge is -2.23. The number of thioether (sulfide) groups is 1. The first-order valence-corrected chi connectivity index (χ1v) is 9.07. The van der Waals surface area contributed by atoms with Crippen LogP contribution in [0.2, 0.25) is 0 Å². The molecule has 2 aliphatic heterocycles. The van der Waals surface area contributed by atoms with E-state index in [1.807, 2.05) is 61.5 Å². The number of rotatable bonds is 3. The van der Waals surface area contributed by atoms with E-state index in [9.17, 15) is 4.79 Å². The average molecular weight is 369 g/mol. The highest BCUT2D eigenvalue weighted by atomic mass is 32.2. The molecule has 25 heavy (non-hydrogen) atoms. The molecule has 0 saturated carbocycles. The third-order valence-electron chi connectivity index (χ3n) is 4.19. The van der Waals surface area contributed by atoms with E-state index >= 15 is 0 Å². The molecular weight excluding hydrogens is 354 g/mol. The molecule has 0 unspecified atom stereocenters. The van der Waals surface area contributed by atoms with E-state index < -0.39 is 0 Å². The minimum Gasteiger partial charge on any atom is -0.454 e. The first-order valence-electron chi connectivity index (χ1n) is 7.85. The highest BCUT2D eigenvalue weighted by molar-refractivity contribution is 8.26. The molecule has 0 N–H and O–H groups in total. The molecule has 1 atom stereocenters. The van der Waals surface area contributed by atoms with Crippen LogP contribution in [0.5, 0.6) is 11.5 Å². The van der Waals surface area contributed by atoms with Gasteiger partial charge in [-0.15, -0.1) is 0 Å². The van der Waals surface area contributed by atoms with Crippen LogP contribution in [0.4, 0.5) is 0 Å². The van der Waals surface area contributed by atoms with E-state index in [0.717, 1.165) is 16.9 Å². The summed E-state index contributed by atoms with van der Waals surface area (Å²) >= 11 is 6.78. The lowest BCUT2D eigenvalue weighted by Crippen LogP contribution is -2.30. The molecule has 0 bridgehead atoms. The second-order valence-electron chi connectivity index (χ2n) is 5.75. The number of benzene rings is 2. The number of ether oxygens (including phenoxy) is 2. The molecule has 126 valence electrons. The largest absolute Gasteiger partial charge is 0.454 e. The zero-order valence-corrected chi connectivity index (χ0v) is 15.1. The van der Waals surface area contributed by atoms with Gasteiger partial charge in [-0.3, -0.25) is 9.69 Å². The molecule has 2 aromatic rings. The summed E-state index contributed by atoms with van der Waals surface area (Å²) in [5.41, 5.74) is 1.94. The van der Waals surface area contributed by atoms with Gasteiger partial charge in [0.15, 0.2) is 11.5 Å². The van der Waals surface area contributed by atoms with E-state index in [-0.39, 0.29) is 18.7 Å². The summed E-state index contributed by atoms with van der Waals surface area (Å²) in [7, 11) is 0. The summed E-state index contributed by atoms with van der Waals surface area (Å²) in [6, 6.07) is 15.4. The third kappa shape index (κ3) is 3.03. The number of carbonyl (C=O) groups excluding carboxylic acids is 1. The Morgan fingerprint density at radius 1 is 1.16 bits per heavy atom. The first kappa shape index (κ1) is 16.2. The highest BCUT2D eigenvalue weighted by Gasteiger charge is 2.35. The van der Waals surface area contributed by atoms with Crippen molar-refractivity contribution in [2.75, 3.05) is 6.79 Å². The van der Waals surface area contributed by atoms with Crippen molar-refractivity contribution in [3.63, 3.8) is 0 Å². The van der Waals surface area contributed by atoms with Crippen molar-refractivity contribution in [2.24, 2.45) is 0 Å². The summed E-state index contributed by atoms with van der Waals surface area (Å²) < 4.78 is 11.3. The Bertz CT molecular complexity index is 879. The SMILES string of the molecule is C[C@@H](c1ccccc1)N1C(=O)/C(=C/c2ccc3c(c2)OCO3)SC1=S. The molecule has 4 rings (SSSR count). The molecule has 4 nitrogen and oxygen atoms in total. The summed E-state index contributed by atoms with van der Waals surface area (Å²) in [5.74, 6) is 1.35. The van der Waals surface area contributed by atoms with Crippen LogP contribution >= 0.6 is 24.0 Å². The fraction of sp³-hybridized carbons (Fsp3) is 0.158. The van der Waals surface area contributed by atoms with Gasteiger partial charge in [-0.2, -0.15) is 0 Å². The summed E-state index contributed by atoms with van der Waals surface area (Å²) in [6.45, 7) is 2.22. The molecule has 6 heteroatoms. The topological polar surface area (TPSA) is 38.8 Å². The van der Waals surface area contributed by atoms with Gasteiger partial charge in [0.2, 0.25) is 6.79 Å². The molecular formula is C19H15NO3S2. The predicted octanol–water partition coefficient (Wildman–Crippen LogP) is 4.38. The molecule has 2 aliphatic rings. The van der Waals surface area contributed by atoms with E-state index in [4.69, 9.17) is 21.7 Å². The lowest BCUT2D eigenvalue weighted by molar-refractivity contribution is -0.123. The van der Waals surface area contributed by atoms with Crippen LogP contribution < -0.4 is 9.47 Å². The van der Waals surface area contributed by atoms with E-state index in [1.165, 1.54) is 11.8 Å². The number of nitrogens with zero attached hydrogens (tertiary/aromatic N) is 1. The third-order valence-corrected chi connectivity index (χ3v) is 5.52. The maximum absolute atomic E-state index is 12.9. The van der Waals surface area contributed by atoms with Gasteiger partial charge in [0.1, 0.15) is 4.32 Å².